The molecule has 0 radical (unpaired) electrons. The fraction of sp³-hybridized carbons (Fsp3) is 0.700. The Hall–Kier alpha value is -1.59. The highest BCUT2D eigenvalue weighted by atomic mass is 16.5. The zero-order valence-corrected chi connectivity index (χ0v) is 9.56. The van der Waals surface area contributed by atoms with E-state index in [1.165, 1.54) is 11.9 Å². The lowest BCUT2D eigenvalue weighted by Crippen LogP contribution is -2.36. The number of hydrogen-bond acceptors (Lipinski definition) is 4. The predicted octanol–water partition coefficient (Wildman–Crippen LogP) is 0.224. The Bertz CT molecular complexity index is 303. The third-order valence-electron chi connectivity index (χ3n) is 2.28. The van der Waals surface area contributed by atoms with E-state index in [2.05, 4.69) is 0 Å². The lowest BCUT2D eigenvalue weighted by atomic mass is 10.4. The standard InChI is InChI=1S/C10H16N2O4/c1-3-4-5-16-9(14)7-12-8(13)6-11(2)10(12)15/h3-7H2,1-2H3. The Labute approximate surface area is 94.1 Å². The van der Waals surface area contributed by atoms with Gasteiger partial charge in [0.05, 0.1) is 6.61 Å². The van der Waals surface area contributed by atoms with E-state index in [0.717, 1.165) is 17.7 Å². The van der Waals surface area contributed by atoms with E-state index in [0.29, 0.717) is 6.61 Å². The number of esters is 1. The number of carbonyl (C=O) groups excluding carboxylic acids is 3. The van der Waals surface area contributed by atoms with Gasteiger partial charge in [0, 0.05) is 7.05 Å². The van der Waals surface area contributed by atoms with Gasteiger partial charge < -0.3 is 9.64 Å². The third kappa shape index (κ3) is 2.95. The molecule has 1 heterocycles. The number of amides is 3. The average molecular weight is 228 g/mol. The van der Waals surface area contributed by atoms with Gasteiger partial charge in [0.15, 0.2) is 0 Å². The largest absolute Gasteiger partial charge is 0.464 e. The summed E-state index contributed by atoms with van der Waals surface area (Å²) in [5.41, 5.74) is 0. The van der Waals surface area contributed by atoms with Crippen LogP contribution in [0, 0.1) is 0 Å². The second-order valence-electron chi connectivity index (χ2n) is 3.69. The first-order valence-electron chi connectivity index (χ1n) is 5.27. The molecule has 0 atom stereocenters. The summed E-state index contributed by atoms with van der Waals surface area (Å²) in [6.45, 7) is 2.06. The van der Waals surface area contributed by atoms with Crippen molar-refractivity contribution in [2.75, 3.05) is 26.7 Å². The summed E-state index contributed by atoms with van der Waals surface area (Å²) in [6.07, 6.45) is 1.71. The molecule has 90 valence electrons. The van der Waals surface area contributed by atoms with Crippen molar-refractivity contribution in [3.63, 3.8) is 0 Å². The van der Waals surface area contributed by atoms with Crippen LogP contribution in [-0.4, -0.2) is 54.5 Å². The van der Waals surface area contributed by atoms with Crippen molar-refractivity contribution in [3.05, 3.63) is 0 Å². The molecule has 0 aromatic heterocycles. The minimum absolute atomic E-state index is 0.0288. The van der Waals surface area contributed by atoms with Crippen molar-refractivity contribution in [3.8, 4) is 0 Å². The molecule has 16 heavy (non-hydrogen) atoms. The highest BCUT2D eigenvalue weighted by Crippen LogP contribution is 2.07. The molecule has 0 spiro atoms. The molecular weight excluding hydrogens is 212 g/mol. The molecule has 1 fully saturated rings. The number of likely N-dealkylation sites (N-methyl/N-ethyl adjacent to an activating group) is 1. The molecule has 0 unspecified atom stereocenters. The van der Waals surface area contributed by atoms with Crippen LogP contribution in [0.1, 0.15) is 19.8 Å². The van der Waals surface area contributed by atoms with Gasteiger partial charge in [-0.05, 0) is 6.42 Å². The second kappa shape index (κ2) is 5.48. The molecule has 3 amide bonds. The van der Waals surface area contributed by atoms with Crippen molar-refractivity contribution < 1.29 is 19.1 Å². The van der Waals surface area contributed by atoms with Gasteiger partial charge >= 0.3 is 12.0 Å². The molecule has 1 rings (SSSR count). The lowest BCUT2D eigenvalue weighted by molar-refractivity contribution is -0.146. The second-order valence-corrected chi connectivity index (χ2v) is 3.69. The summed E-state index contributed by atoms with van der Waals surface area (Å²) in [5, 5.41) is 0. The molecular formula is C10H16N2O4. The van der Waals surface area contributed by atoms with Crippen molar-refractivity contribution in [1.82, 2.24) is 9.80 Å². The van der Waals surface area contributed by atoms with Crippen molar-refractivity contribution in [2.24, 2.45) is 0 Å². The summed E-state index contributed by atoms with van der Waals surface area (Å²) in [6, 6.07) is -0.447. The molecule has 6 nitrogen and oxygen atoms in total. The maximum absolute atomic E-state index is 11.4. The van der Waals surface area contributed by atoms with Gasteiger partial charge in [0.1, 0.15) is 13.1 Å². The van der Waals surface area contributed by atoms with Gasteiger partial charge in [0.25, 0.3) is 5.91 Å². The number of imide groups is 1. The van der Waals surface area contributed by atoms with Gasteiger partial charge in [-0.1, -0.05) is 13.3 Å². The van der Waals surface area contributed by atoms with Crippen molar-refractivity contribution in [1.29, 1.82) is 0 Å². The molecule has 0 aromatic carbocycles. The molecule has 0 saturated carbocycles. The first-order valence-corrected chi connectivity index (χ1v) is 5.27. The number of hydrogen-bond donors (Lipinski definition) is 0. The van der Waals surface area contributed by atoms with E-state index in [-0.39, 0.29) is 19.0 Å². The van der Waals surface area contributed by atoms with Crippen LogP contribution in [0.2, 0.25) is 0 Å². The van der Waals surface area contributed by atoms with Gasteiger partial charge in [-0.25, -0.2) is 4.79 Å². The van der Waals surface area contributed by atoms with Crippen LogP contribution in [0.5, 0.6) is 0 Å². The predicted molar refractivity (Wildman–Crippen MR) is 55.6 cm³/mol. The zero-order chi connectivity index (χ0) is 12.1. The summed E-state index contributed by atoms with van der Waals surface area (Å²) < 4.78 is 4.87. The summed E-state index contributed by atoms with van der Waals surface area (Å²) in [4.78, 5) is 36.2. The summed E-state index contributed by atoms with van der Waals surface area (Å²) in [7, 11) is 1.52. The lowest BCUT2D eigenvalue weighted by Gasteiger charge is -2.13. The Kier molecular flexibility index (Phi) is 4.28. The molecule has 1 aliphatic rings. The van der Waals surface area contributed by atoms with Crippen LogP contribution in [0.4, 0.5) is 4.79 Å². The molecule has 1 saturated heterocycles. The average Bonchev–Trinajstić information content (AvgIpc) is 2.46. The van der Waals surface area contributed by atoms with Gasteiger partial charge in [-0.3, -0.25) is 14.5 Å². The van der Waals surface area contributed by atoms with E-state index < -0.39 is 12.0 Å². The van der Waals surface area contributed by atoms with E-state index in [4.69, 9.17) is 4.74 Å². The maximum Gasteiger partial charge on any atom is 0.327 e. The summed E-state index contributed by atoms with van der Waals surface area (Å²) >= 11 is 0. The minimum atomic E-state index is -0.537. The number of rotatable bonds is 5. The van der Waals surface area contributed by atoms with Crippen molar-refractivity contribution >= 4 is 17.9 Å². The van der Waals surface area contributed by atoms with Crippen LogP contribution in [-0.2, 0) is 14.3 Å². The van der Waals surface area contributed by atoms with Crippen LogP contribution >= 0.6 is 0 Å². The van der Waals surface area contributed by atoms with E-state index in [1.807, 2.05) is 6.92 Å². The van der Waals surface area contributed by atoms with E-state index in [9.17, 15) is 14.4 Å². The van der Waals surface area contributed by atoms with Crippen molar-refractivity contribution in [2.45, 2.75) is 19.8 Å². The highest BCUT2D eigenvalue weighted by molar-refractivity contribution is 6.03. The van der Waals surface area contributed by atoms with Crippen LogP contribution in [0.25, 0.3) is 0 Å². The number of ether oxygens (including phenoxy) is 1. The monoisotopic (exact) mass is 228 g/mol. The highest BCUT2D eigenvalue weighted by Gasteiger charge is 2.35. The van der Waals surface area contributed by atoms with Crippen LogP contribution in [0.15, 0.2) is 0 Å². The molecule has 6 heteroatoms. The smallest absolute Gasteiger partial charge is 0.327 e. The first-order chi connectivity index (χ1) is 7.56. The number of urea groups is 1. The van der Waals surface area contributed by atoms with E-state index in [1.54, 1.807) is 0 Å². The molecule has 1 aliphatic heterocycles. The normalized spacial score (nSPS) is 15.9. The quantitative estimate of drug-likeness (QED) is 0.383. The van der Waals surface area contributed by atoms with Gasteiger partial charge in [0.2, 0.25) is 0 Å². The molecule has 0 N–H and O–H groups in total. The number of carbonyl (C=O) groups is 3. The summed E-state index contributed by atoms with van der Waals surface area (Å²) in [5.74, 6) is -0.898. The SMILES string of the molecule is CCCCOC(=O)CN1C(=O)CN(C)C1=O. The molecule has 0 aliphatic carbocycles. The van der Waals surface area contributed by atoms with Gasteiger partial charge in [-0.2, -0.15) is 0 Å². The zero-order valence-electron chi connectivity index (χ0n) is 9.56. The first kappa shape index (κ1) is 12.5. The fourth-order valence-electron chi connectivity index (χ4n) is 1.33. The van der Waals surface area contributed by atoms with Crippen LogP contribution < -0.4 is 0 Å². The number of nitrogens with zero attached hydrogens (tertiary/aromatic N) is 2. The van der Waals surface area contributed by atoms with Crippen LogP contribution in [0.3, 0.4) is 0 Å². The third-order valence-corrected chi connectivity index (χ3v) is 2.28. The minimum Gasteiger partial charge on any atom is -0.464 e. The topological polar surface area (TPSA) is 66.9 Å². The molecule has 0 aromatic rings. The fourth-order valence-corrected chi connectivity index (χ4v) is 1.33. The Morgan fingerprint density at radius 3 is 2.62 bits per heavy atom. The Morgan fingerprint density at radius 1 is 1.44 bits per heavy atom. The Balaban J connectivity index is 2.39. The van der Waals surface area contributed by atoms with E-state index >= 15 is 0 Å². The van der Waals surface area contributed by atoms with Gasteiger partial charge in [-0.15, -0.1) is 0 Å². The maximum atomic E-state index is 11.4. The Morgan fingerprint density at radius 2 is 2.12 bits per heavy atom. The molecule has 0 bridgehead atoms. The number of unbranched alkanes of at least 4 members (excludes halogenated alkanes) is 1.